The fourth-order valence-electron chi connectivity index (χ4n) is 1.22. The van der Waals surface area contributed by atoms with Gasteiger partial charge in [0, 0.05) is 24.8 Å². The molecule has 1 aromatic rings. The minimum absolute atomic E-state index is 0.0908. The largest absolute Gasteiger partial charge is 0.433 e. The zero-order chi connectivity index (χ0) is 12.8. The van der Waals surface area contributed by atoms with Gasteiger partial charge in [0.05, 0.1) is 6.07 Å². The van der Waals surface area contributed by atoms with Crippen molar-refractivity contribution >= 4 is 35.0 Å². The first-order valence-electron chi connectivity index (χ1n) is 4.75. The molecule has 1 heterocycles. The van der Waals surface area contributed by atoms with E-state index >= 15 is 0 Å². The van der Waals surface area contributed by atoms with Gasteiger partial charge < -0.3 is 9.32 Å². The summed E-state index contributed by atoms with van der Waals surface area (Å²) in [5.41, 5.74) is 0. The fraction of sp³-hybridized carbons (Fsp3) is 0.444. The number of furan rings is 1. The van der Waals surface area contributed by atoms with Crippen molar-refractivity contribution in [2.75, 3.05) is 24.8 Å². The average Bonchev–Trinajstić information content (AvgIpc) is 2.77. The van der Waals surface area contributed by atoms with Gasteiger partial charge >= 0.3 is 5.88 Å². The molecule has 0 fully saturated rings. The fourth-order valence-corrected chi connectivity index (χ4v) is 1.62. The second-order valence-corrected chi connectivity index (χ2v) is 3.82. The van der Waals surface area contributed by atoms with Gasteiger partial charge in [-0.25, -0.2) is 0 Å². The lowest BCUT2D eigenvalue weighted by Gasteiger charge is -2.18. The summed E-state index contributed by atoms with van der Waals surface area (Å²) < 4.78 is 4.80. The second-order valence-electron chi connectivity index (χ2n) is 3.07. The van der Waals surface area contributed by atoms with Gasteiger partial charge in [-0.2, -0.15) is 0 Å². The zero-order valence-corrected chi connectivity index (χ0v) is 10.3. The summed E-state index contributed by atoms with van der Waals surface area (Å²) in [7, 11) is 0. The lowest BCUT2D eigenvalue weighted by molar-refractivity contribution is -0.402. The van der Waals surface area contributed by atoms with Gasteiger partial charge in [-0.15, -0.1) is 23.2 Å². The van der Waals surface area contributed by atoms with Crippen LogP contribution >= 0.6 is 23.2 Å². The molecule has 0 saturated heterocycles. The minimum atomic E-state index is -0.704. The molecule has 0 aliphatic carbocycles. The molecule has 0 bridgehead atoms. The van der Waals surface area contributed by atoms with Crippen molar-refractivity contribution < 1.29 is 14.1 Å². The first-order chi connectivity index (χ1) is 8.10. The number of rotatable bonds is 6. The third-order valence-electron chi connectivity index (χ3n) is 1.98. The highest BCUT2D eigenvalue weighted by Gasteiger charge is 2.21. The third kappa shape index (κ3) is 3.61. The van der Waals surface area contributed by atoms with Crippen molar-refractivity contribution in [1.82, 2.24) is 4.90 Å². The van der Waals surface area contributed by atoms with E-state index in [-0.39, 0.29) is 17.5 Å². The van der Waals surface area contributed by atoms with E-state index in [0.29, 0.717) is 13.1 Å². The summed E-state index contributed by atoms with van der Waals surface area (Å²) >= 11 is 11.1. The molecule has 1 amide bonds. The van der Waals surface area contributed by atoms with Crippen LogP contribution in [0.2, 0.25) is 0 Å². The van der Waals surface area contributed by atoms with Gasteiger partial charge in [0.1, 0.15) is 4.92 Å². The SMILES string of the molecule is O=C(c1ccc([N+](=O)[O-])o1)N(CCCl)CCCl. The Bertz CT molecular complexity index is 401. The normalized spacial score (nSPS) is 10.2. The summed E-state index contributed by atoms with van der Waals surface area (Å²) in [6.45, 7) is 0.614. The van der Waals surface area contributed by atoms with Crippen molar-refractivity contribution in [3.8, 4) is 0 Å². The van der Waals surface area contributed by atoms with Crippen LogP contribution in [0.1, 0.15) is 10.6 Å². The number of nitrogens with zero attached hydrogens (tertiary/aromatic N) is 2. The Balaban J connectivity index is 2.81. The molecule has 1 rings (SSSR count). The van der Waals surface area contributed by atoms with Crippen molar-refractivity contribution in [3.63, 3.8) is 0 Å². The van der Waals surface area contributed by atoms with Gasteiger partial charge in [0.25, 0.3) is 5.91 Å². The van der Waals surface area contributed by atoms with Gasteiger partial charge in [-0.3, -0.25) is 14.9 Å². The number of carbonyl (C=O) groups is 1. The molecule has 17 heavy (non-hydrogen) atoms. The Hall–Kier alpha value is -1.27. The van der Waals surface area contributed by atoms with E-state index in [1.54, 1.807) is 0 Å². The van der Waals surface area contributed by atoms with Gasteiger partial charge in [-0.05, 0) is 6.07 Å². The van der Waals surface area contributed by atoms with Crippen LogP contribution in [0, 0.1) is 10.1 Å². The number of halogens is 2. The molecule has 0 atom stereocenters. The first-order valence-corrected chi connectivity index (χ1v) is 5.82. The molecule has 1 aromatic heterocycles. The lowest BCUT2D eigenvalue weighted by Crippen LogP contribution is -2.34. The highest BCUT2D eigenvalue weighted by molar-refractivity contribution is 6.18. The molecule has 0 aromatic carbocycles. The predicted octanol–water partition coefficient (Wildman–Crippen LogP) is 2.11. The predicted molar refractivity (Wildman–Crippen MR) is 62.7 cm³/mol. The average molecular weight is 281 g/mol. The molecule has 0 aliphatic rings. The van der Waals surface area contributed by atoms with Crippen LogP contribution in [0.15, 0.2) is 16.5 Å². The number of amides is 1. The third-order valence-corrected chi connectivity index (χ3v) is 2.32. The summed E-state index contributed by atoms with van der Waals surface area (Å²) in [4.78, 5) is 22.9. The second kappa shape index (κ2) is 6.46. The molecule has 0 radical (unpaired) electrons. The summed E-state index contributed by atoms with van der Waals surface area (Å²) in [5, 5.41) is 10.4. The molecule has 8 heteroatoms. The van der Waals surface area contributed by atoms with Gasteiger partial charge in [0.15, 0.2) is 5.76 Å². The maximum atomic E-state index is 11.9. The van der Waals surface area contributed by atoms with Crippen LogP contribution in [0.4, 0.5) is 5.88 Å². The van der Waals surface area contributed by atoms with Crippen LogP contribution in [0.25, 0.3) is 0 Å². The molecular weight excluding hydrogens is 271 g/mol. The Morgan fingerprint density at radius 2 is 1.94 bits per heavy atom. The van der Waals surface area contributed by atoms with Gasteiger partial charge in [0.2, 0.25) is 0 Å². The Morgan fingerprint density at radius 3 is 2.35 bits per heavy atom. The molecular formula is C9H10Cl2N2O4. The van der Waals surface area contributed by atoms with E-state index in [1.807, 2.05) is 0 Å². The summed E-state index contributed by atoms with van der Waals surface area (Å²) in [6.07, 6.45) is 0. The highest BCUT2D eigenvalue weighted by Crippen LogP contribution is 2.17. The number of carbonyl (C=O) groups excluding carboxylic acids is 1. The van der Waals surface area contributed by atoms with Crippen LogP contribution in [0.3, 0.4) is 0 Å². The van der Waals surface area contributed by atoms with Gasteiger partial charge in [-0.1, -0.05) is 0 Å². The van der Waals surface area contributed by atoms with Crippen LogP contribution < -0.4 is 0 Å². The molecule has 6 nitrogen and oxygen atoms in total. The Morgan fingerprint density at radius 1 is 1.35 bits per heavy atom. The van der Waals surface area contributed by atoms with E-state index in [2.05, 4.69) is 0 Å². The summed E-state index contributed by atoms with van der Waals surface area (Å²) in [6, 6.07) is 2.39. The van der Waals surface area contributed by atoms with E-state index < -0.39 is 16.7 Å². The van der Waals surface area contributed by atoms with Crippen molar-refractivity contribution in [3.05, 3.63) is 28.0 Å². The standard InChI is InChI=1S/C9H10Cl2N2O4/c10-3-5-12(6-4-11)9(14)7-1-2-8(17-7)13(15)16/h1-2H,3-6H2. The zero-order valence-electron chi connectivity index (χ0n) is 8.77. The van der Waals surface area contributed by atoms with Crippen molar-refractivity contribution in [2.24, 2.45) is 0 Å². The number of hydrogen-bond acceptors (Lipinski definition) is 4. The summed E-state index contributed by atoms with van der Waals surface area (Å²) in [5.74, 6) is -0.506. The van der Waals surface area contributed by atoms with Crippen LogP contribution in [0.5, 0.6) is 0 Å². The van der Waals surface area contributed by atoms with E-state index in [0.717, 1.165) is 6.07 Å². The maximum absolute atomic E-state index is 11.9. The quantitative estimate of drug-likeness (QED) is 0.454. The Kier molecular flexibility index (Phi) is 5.24. The molecule has 0 unspecified atom stereocenters. The molecule has 0 aliphatic heterocycles. The van der Waals surface area contributed by atoms with E-state index in [1.165, 1.54) is 11.0 Å². The smallest absolute Gasteiger partial charge is 0.395 e. The first kappa shape index (κ1) is 13.8. The van der Waals surface area contributed by atoms with E-state index in [4.69, 9.17) is 27.6 Å². The topological polar surface area (TPSA) is 76.6 Å². The molecule has 0 saturated carbocycles. The number of alkyl halides is 2. The molecule has 0 spiro atoms. The van der Waals surface area contributed by atoms with Crippen LogP contribution in [-0.4, -0.2) is 40.6 Å². The van der Waals surface area contributed by atoms with Crippen molar-refractivity contribution in [1.29, 1.82) is 0 Å². The van der Waals surface area contributed by atoms with Crippen LogP contribution in [-0.2, 0) is 0 Å². The minimum Gasteiger partial charge on any atom is -0.395 e. The Labute approximate surface area is 107 Å². The maximum Gasteiger partial charge on any atom is 0.433 e. The number of hydrogen-bond donors (Lipinski definition) is 0. The molecule has 94 valence electrons. The monoisotopic (exact) mass is 280 g/mol. The lowest BCUT2D eigenvalue weighted by atomic mass is 10.3. The van der Waals surface area contributed by atoms with E-state index in [9.17, 15) is 14.9 Å². The number of nitro groups is 1. The highest BCUT2D eigenvalue weighted by atomic mass is 35.5. The molecule has 0 N–H and O–H groups in total. The van der Waals surface area contributed by atoms with Crippen molar-refractivity contribution in [2.45, 2.75) is 0 Å².